The Kier molecular flexibility index (Phi) is 3.84. The fraction of sp³-hybridized carbons (Fsp3) is 0.417. The highest BCUT2D eigenvalue weighted by Crippen LogP contribution is 2.18. The topological polar surface area (TPSA) is 77.2 Å². The standard InChI is InChI=1S/C12H15N3O3S/c1-12(2,3)17-11(16)13-6-9-14-10(15-18-9)8-4-5-19-7-8/h4-5,7H,6H2,1-3H3,(H,13,16). The minimum Gasteiger partial charge on any atom is -0.444 e. The normalized spacial score (nSPS) is 11.3. The van der Waals surface area contributed by atoms with Crippen molar-refractivity contribution in [3.8, 4) is 11.4 Å². The van der Waals surface area contributed by atoms with E-state index >= 15 is 0 Å². The molecule has 0 spiro atoms. The van der Waals surface area contributed by atoms with Gasteiger partial charge in [0.1, 0.15) is 12.1 Å². The number of rotatable bonds is 3. The second kappa shape index (κ2) is 5.40. The maximum Gasteiger partial charge on any atom is 0.408 e. The van der Waals surface area contributed by atoms with Crippen LogP contribution in [0.5, 0.6) is 0 Å². The van der Waals surface area contributed by atoms with E-state index in [2.05, 4.69) is 15.5 Å². The van der Waals surface area contributed by atoms with E-state index in [0.29, 0.717) is 11.7 Å². The zero-order valence-electron chi connectivity index (χ0n) is 11.0. The molecule has 0 aliphatic carbocycles. The smallest absolute Gasteiger partial charge is 0.408 e. The molecule has 2 heterocycles. The largest absolute Gasteiger partial charge is 0.444 e. The van der Waals surface area contributed by atoms with E-state index in [1.54, 1.807) is 32.1 Å². The highest BCUT2D eigenvalue weighted by molar-refractivity contribution is 7.08. The fourth-order valence-electron chi connectivity index (χ4n) is 1.30. The predicted octanol–water partition coefficient (Wildman–Crippen LogP) is 2.82. The summed E-state index contributed by atoms with van der Waals surface area (Å²) in [6.07, 6.45) is -0.511. The van der Waals surface area contributed by atoms with E-state index < -0.39 is 11.7 Å². The highest BCUT2D eigenvalue weighted by atomic mass is 32.1. The van der Waals surface area contributed by atoms with Crippen molar-refractivity contribution in [1.29, 1.82) is 0 Å². The van der Waals surface area contributed by atoms with Gasteiger partial charge in [0.25, 0.3) is 0 Å². The van der Waals surface area contributed by atoms with E-state index in [1.807, 2.05) is 16.8 Å². The first-order chi connectivity index (χ1) is 8.94. The zero-order chi connectivity index (χ0) is 13.9. The summed E-state index contributed by atoms with van der Waals surface area (Å²) in [7, 11) is 0. The van der Waals surface area contributed by atoms with Gasteiger partial charge in [-0.2, -0.15) is 16.3 Å². The number of nitrogens with one attached hydrogen (secondary N) is 1. The molecule has 0 aromatic carbocycles. The molecule has 0 unspecified atom stereocenters. The lowest BCUT2D eigenvalue weighted by Gasteiger charge is -2.19. The molecule has 1 N–H and O–H groups in total. The molecule has 102 valence electrons. The zero-order valence-corrected chi connectivity index (χ0v) is 11.8. The Hall–Kier alpha value is -1.89. The van der Waals surface area contributed by atoms with Gasteiger partial charge in [-0.1, -0.05) is 5.16 Å². The highest BCUT2D eigenvalue weighted by Gasteiger charge is 2.17. The number of carbonyl (C=O) groups is 1. The van der Waals surface area contributed by atoms with Gasteiger partial charge in [-0.15, -0.1) is 0 Å². The Morgan fingerprint density at radius 1 is 1.53 bits per heavy atom. The van der Waals surface area contributed by atoms with Crippen molar-refractivity contribution < 1.29 is 14.1 Å². The summed E-state index contributed by atoms with van der Waals surface area (Å²) in [5, 5.41) is 10.3. The summed E-state index contributed by atoms with van der Waals surface area (Å²) in [6.45, 7) is 5.54. The average molecular weight is 281 g/mol. The minimum atomic E-state index is -0.527. The van der Waals surface area contributed by atoms with Crippen molar-refractivity contribution >= 4 is 17.4 Å². The molecule has 0 saturated carbocycles. The first-order valence-corrected chi connectivity index (χ1v) is 6.70. The van der Waals surface area contributed by atoms with E-state index in [1.165, 1.54) is 0 Å². The predicted molar refractivity (Wildman–Crippen MR) is 70.7 cm³/mol. The Morgan fingerprint density at radius 2 is 2.32 bits per heavy atom. The number of carbonyl (C=O) groups excluding carboxylic acids is 1. The lowest BCUT2D eigenvalue weighted by atomic mass is 10.2. The third kappa shape index (κ3) is 4.06. The van der Waals surface area contributed by atoms with Gasteiger partial charge in [0.2, 0.25) is 11.7 Å². The summed E-state index contributed by atoms with van der Waals surface area (Å²) in [6, 6.07) is 1.90. The summed E-state index contributed by atoms with van der Waals surface area (Å²) in [5.41, 5.74) is 0.373. The molecule has 0 bridgehead atoms. The molecule has 0 fully saturated rings. The van der Waals surface area contributed by atoms with E-state index in [4.69, 9.17) is 9.26 Å². The molecular weight excluding hydrogens is 266 g/mol. The first kappa shape index (κ1) is 13.5. The Balaban J connectivity index is 1.89. The van der Waals surface area contributed by atoms with Crippen LogP contribution in [0.3, 0.4) is 0 Å². The monoisotopic (exact) mass is 281 g/mol. The van der Waals surface area contributed by atoms with E-state index in [0.717, 1.165) is 5.56 Å². The molecule has 2 aromatic rings. The van der Waals surface area contributed by atoms with Gasteiger partial charge in [-0.25, -0.2) is 4.79 Å². The lowest BCUT2D eigenvalue weighted by molar-refractivity contribution is 0.0518. The molecule has 7 heteroatoms. The van der Waals surface area contributed by atoms with Crippen LogP contribution in [0.25, 0.3) is 11.4 Å². The average Bonchev–Trinajstić information content (AvgIpc) is 2.95. The van der Waals surface area contributed by atoms with Gasteiger partial charge in [-0.3, -0.25) is 0 Å². The number of alkyl carbamates (subject to hydrolysis) is 1. The maximum atomic E-state index is 11.4. The number of ether oxygens (including phenoxy) is 1. The molecule has 0 radical (unpaired) electrons. The second-order valence-corrected chi connectivity index (χ2v) is 5.66. The van der Waals surface area contributed by atoms with Crippen molar-refractivity contribution in [3.63, 3.8) is 0 Å². The third-order valence-electron chi connectivity index (χ3n) is 2.03. The van der Waals surface area contributed by atoms with E-state index in [9.17, 15) is 4.79 Å². The second-order valence-electron chi connectivity index (χ2n) is 4.88. The quantitative estimate of drug-likeness (QED) is 0.936. The summed E-state index contributed by atoms with van der Waals surface area (Å²) >= 11 is 1.56. The number of hydrogen-bond acceptors (Lipinski definition) is 6. The van der Waals surface area contributed by atoms with Gasteiger partial charge in [0.05, 0.1) is 0 Å². The van der Waals surface area contributed by atoms with Crippen LogP contribution in [0.15, 0.2) is 21.3 Å². The van der Waals surface area contributed by atoms with Crippen LogP contribution in [0, 0.1) is 0 Å². The number of aromatic nitrogens is 2. The van der Waals surface area contributed by atoms with Crippen molar-refractivity contribution in [1.82, 2.24) is 15.5 Å². The van der Waals surface area contributed by atoms with Gasteiger partial charge in [0.15, 0.2) is 0 Å². The number of nitrogens with zero attached hydrogens (tertiary/aromatic N) is 2. The van der Waals surface area contributed by atoms with Crippen molar-refractivity contribution in [3.05, 3.63) is 22.7 Å². The Morgan fingerprint density at radius 3 is 2.95 bits per heavy atom. The number of thiophene rings is 1. The number of amides is 1. The van der Waals surface area contributed by atoms with E-state index in [-0.39, 0.29) is 6.54 Å². The molecule has 0 aliphatic rings. The van der Waals surface area contributed by atoms with Gasteiger partial charge < -0.3 is 14.6 Å². The van der Waals surface area contributed by atoms with Crippen LogP contribution in [0.4, 0.5) is 4.79 Å². The van der Waals surface area contributed by atoms with Crippen LogP contribution in [0.2, 0.25) is 0 Å². The first-order valence-electron chi connectivity index (χ1n) is 5.76. The molecule has 19 heavy (non-hydrogen) atoms. The van der Waals surface area contributed by atoms with Crippen molar-refractivity contribution in [2.45, 2.75) is 32.9 Å². The number of hydrogen-bond donors (Lipinski definition) is 1. The van der Waals surface area contributed by atoms with Crippen molar-refractivity contribution in [2.75, 3.05) is 0 Å². The molecule has 6 nitrogen and oxygen atoms in total. The molecule has 2 rings (SSSR count). The van der Waals surface area contributed by atoms with Crippen LogP contribution < -0.4 is 5.32 Å². The molecule has 2 aromatic heterocycles. The summed E-state index contributed by atoms with van der Waals surface area (Å²) in [4.78, 5) is 15.6. The molecule has 0 aliphatic heterocycles. The van der Waals surface area contributed by atoms with Crippen LogP contribution in [-0.2, 0) is 11.3 Å². The lowest BCUT2D eigenvalue weighted by Crippen LogP contribution is -2.32. The third-order valence-corrected chi connectivity index (χ3v) is 2.71. The van der Waals surface area contributed by atoms with Crippen LogP contribution >= 0.6 is 11.3 Å². The van der Waals surface area contributed by atoms with Gasteiger partial charge >= 0.3 is 6.09 Å². The summed E-state index contributed by atoms with van der Waals surface area (Å²) in [5.74, 6) is 0.856. The minimum absolute atomic E-state index is 0.145. The van der Waals surface area contributed by atoms with Gasteiger partial charge in [0, 0.05) is 10.9 Å². The molecule has 0 atom stereocenters. The van der Waals surface area contributed by atoms with Crippen LogP contribution in [-0.4, -0.2) is 21.8 Å². The fourth-order valence-corrected chi connectivity index (χ4v) is 1.93. The molecule has 1 amide bonds. The van der Waals surface area contributed by atoms with Crippen LogP contribution in [0.1, 0.15) is 26.7 Å². The molecule has 0 saturated heterocycles. The molecular formula is C12H15N3O3S. The Bertz CT molecular complexity index is 543. The Labute approximate surface area is 114 Å². The SMILES string of the molecule is CC(C)(C)OC(=O)NCc1nc(-c2ccsc2)no1. The van der Waals surface area contributed by atoms with Crippen molar-refractivity contribution in [2.24, 2.45) is 0 Å². The maximum absolute atomic E-state index is 11.4. The van der Waals surface area contributed by atoms with Gasteiger partial charge in [-0.05, 0) is 32.2 Å². The summed E-state index contributed by atoms with van der Waals surface area (Å²) < 4.78 is 10.1.